The summed E-state index contributed by atoms with van der Waals surface area (Å²) < 4.78 is 5.31. The van der Waals surface area contributed by atoms with Crippen LogP contribution in [-0.2, 0) is 4.74 Å². The molecular formula is C10H18N2O. The Morgan fingerprint density at radius 1 is 1.31 bits per heavy atom. The van der Waals surface area contributed by atoms with Crippen LogP contribution in [0.15, 0.2) is 25.3 Å². The summed E-state index contributed by atoms with van der Waals surface area (Å²) in [4.78, 5) is 2.23. The molecule has 1 aliphatic heterocycles. The van der Waals surface area contributed by atoms with E-state index in [1.165, 1.54) is 0 Å². The molecule has 74 valence electrons. The maximum absolute atomic E-state index is 5.91. The van der Waals surface area contributed by atoms with Gasteiger partial charge in [0.15, 0.2) is 0 Å². The molecule has 13 heavy (non-hydrogen) atoms. The van der Waals surface area contributed by atoms with Crippen LogP contribution in [0.1, 0.15) is 0 Å². The Hall–Kier alpha value is -0.640. The number of ether oxygens (including phenoxy) is 1. The molecule has 0 aromatic carbocycles. The first-order valence-corrected chi connectivity index (χ1v) is 4.58. The van der Waals surface area contributed by atoms with Gasteiger partial charge in [0.1, 0.15) is 0 Å². The minimum absolute atomic E-state index is 0.125. The Kier molecular flexibility index (Phi) is 4.15. The normalized spacial score (nSPS) is 27.8. The van der Waals surface area contributed by atoms with Crippen LogP contribution in [0.5, 0.6) is 0 Å². The fraction of sp³-hybridized carbons (Fsp3) is 0.600. The van der Waals surface area contributed by atoms with Gasteiger partial charge in [-0.05, 0) is 0 Å². The van der Waals surface area contributed by atoms with E-state index < -0.39 is 0 Å². The van der Waals surface area contributed by atoms with E-state index in [1.807, 2.05) is 12.2 Å². The molecule has 0 unspecified atom stereocenters. The highest BCUT2D eigenvalue weighted by atomic mass is 16.5. The molecule has 0 aromatic heterocycles. The molecule has 1 fully saturated rings. The van der Waals surface area contributed by atoms with Gasteiger partial charge in [-0.1, -0.05) is 12.2 Å². The van der Waals surface area contributed by atoms with Crippen LogP contribution in [0.4, 0.5) is 0 Å². The summed E-state index contributed by atoms with van der Waals surface area (Å²) in [5.41, 5.74) is 5.91. The van der Waals surface area contributed by atoms with E-state index >= 15 is 0 Å². The Bertz CT molecular complexity index is 172. The number of rotatable bonds is 5. The van der Waals surface area contributed by atoms with Gasteiger partial charge in [-0.3, -0.25) is 4.90 Å². The second-order valence-corrected chi connectivity index (χ2v) is 3.30. The maximum atomic E-state index is 5.91. The summed E-state index contributed by atoms with van der Waals surface area (Å²) in [7, 11) is 0. The Morgan fingerprint density at radius 3 is 2.31 bits per heavy atom. The molecule has 0 bridgehead atoms. The number of nitrogens with two attached hydrogens (primary N) is 1. The first-order chi connectivity index (χ1) is 6.29. The molecule has 3 heteroatoms. The molecule has 0 aromatic rings. The van der Waals surface area contributed by atoms with E-state index in [0.717, 1.165) is 19.7 Å². The minimum atomic E-state index is 0.125. The average molecular weight is 182 g/mol. The van der Waals surface area contributed by atoms with Crippen molar-refractivity contribution >= 4 is 0 Å². The molecule has 3 nitrogen and oxygen atoms in total. The summed E-state index contributed by atoms with van der Waals surface area (Å²) in [6, 6.07) is 0.441. The zero-order chi connectivity index (χ0) is 9.68. The maximum Gasteiger partial charge on any atom is 0.0638 e. The summed E-state index contributed by atoms with van der Waals surface area (Å²) >= 11 is 0. The highest BCUT2D eigenvalue weighted by Gasteiger charge is 2.28. The average Bonchev–Trinajstić information content (AvgIpc) is 2.51. The van der Waals surface area contributed by atoms with Gasteiger partial charge in [-0.15, -0.1) is 13.2 Å². The number of nitrogens with zero attached hydrogens (tertiary/aromatic N) is 1. The predicted octanol–water partition coefficient (Wildman–Crippen LogP) is 0.386. The van der Waals surface area contributed by atoms with Crippen molar-refractivity contribution in [2.24, 2.45) is 5.73 Å². The van der Waals surface area contributed by atoms with E-state index in [0.29, 0.717) is 12.6 Å². The standard InChI is InChI=1S/C10H18N2O/c1-3-5-12(6-4-2)10-8-13-7-9(10)11/h3-4,9-10H,1-2,5-8,11H2/t9-,10-/m0/s1. The van der Waals surface area contributed by atoms with Crippen molar-refractivity contribution < 1.29 is 4.74 Å². The van der Waals surface area contributed by atoms with E-state index in [2.05, 4.69) is 18.1 Å². The van der Waals surface area contributed by atoms with E-state index in [4.69, 9.17) is 10.5 Å². The van der Waals surface area contributed by atoms with E-state index in [1.54, 1.807) is 0 Å². The molecular weight excluding hydrogens is 164 g/mol. The van der Waals surface area contributed by atoms with Crippen molar-refractivity contribution in [3.05, 3.63) is 25.3 Å². The number of hydrogen-bond donors (Lipinski definition) is 1. The third-order valence-electron chi connectivity index (χ3n) is 2.29. The Balaban J connectivity index is 2.51. The first-order valence-electron chi connectivity index (χ1n) is 4.58. The van der Waals surface area contributed by atoms with Gasteiger partial charge in [0.2, 0.25) is 0 Å². The highest BCUT2D eigenvalue weighted by Crippen LogP contribution is 2.11. The molecule has 2 atom stereocenters. The molecule has 1 heterocycles. The van der Waals surface area contributed by atoms with Gasteiger partial charge >= 0.3 is 0 Å². The molecule has 0 spiro atoms. The van der Waals surface area contributed by atoms with E-state index in [-0.39, 0.29) is 6.04 Å². The van der Waals surface area contributed by atoms with Crippen LogP contribution in [0.25, 0.3) is 0 Å². The molecule has 0 amide bonds. The zero-order valence-electron chi connectivity index (χ0n) is 7.98. The molecule has 0 radical (unpaired) electrons. The predicted molar refractivity (Wildman–Crippen MR) is 54.5 cm³/mol. The second-order valence-electron chi connectivity index (χ2n) is 3.30. The quantitative estimate of drug-likeness (QED) is 0.625. The zero-order valence-corrected chi connectivity index (χ0v) is 7.98. The third-order valence-corrected chi connectivity index (χ3v) is 2.29. The van der Waals surface area contributed by atoms with Gasteiger partial charge in [-0.2, -0.15) is 0 Å². The van der Waals surface area contributed by atoms with E-state index in [9.17, 15) is 0 Å². The largest absolute Gasteiger partial charge is 0.378 e. The third kappa shape index (κ3) is 2.66. The summed E-state index contributed by atoms with van der Waals surface area (Å²) in [5.74, 6) is 0. The molecule has 1 saturated heterocycles. The first kappa shape index (κ1) is 10.4. The van der Waals surface area contributed by atoms with Crippen LogP contribution in [-0.4, -0.2) is 43.3 Å². The van der Waals surface area contributed by atoms with Crippen LogP contribution >= 0.6 is 0 Å². The fourth-order valence-corrected chi connectivity index (χ4v) is 1.61. The van der Waals surface area contributed by atoms with Crippen molar-refractivity contribution in [1.82, 2.24) is 4.90 Å². The lowest BCUT2D eigenvalue weighted by molar-refractivity contribution is 0.158. The lowest BCUT2D eigenvalue weighted by atomic mass is 10.1. The molecule has 1 aliphatic rings. The Labute approximate surface area is 79.9 Å². The lowest BCUT2D eigenvalue weighted by Gasteiger charge is -2.27. The number of hydrogen-bond acceptors (Lipinski definition) is 3. The van der Waals surface area contributed by atoms with Crippen molar-refractivity contribution in [3.8, 4) is 0 Å². The SMILES string of the molecule is C=CCN(CC=C)[C@H]1COC[C@@H]1N. The van der Waals surface area contributed by atoms with Crippen molar-refractivity contribution in [2.45, 2.75) is 12.1 Å². The van der Waals surface area contributed by atoms with Gasteiger partial charge < -0.3 is 10.5 Å². The molecule has 0 saturated carbocycles. The second kappa shape index (κ2) is 5.17. The van der Waals surface area contributed by atoms with Crippen LogP contribution in [0, 0.1) is 0 Å². The van der Waals surface area contributed by atoms with Gasteiger partial charge in [0.25, 0.3) is 0 Å². The highest BCUT2D eigenvalue weighted by molar-refractivity contribution is 4.92. The van der Waals surface area contributed by atoms with Crippen molar-refractivity contribution in [2.75, 3.05) is 26.3 Å². The minimum Gasteiger partial charge on any atom is -0.378 e. The van der Waals surface area contributed by atoms with Gasteiger partial charge in [0, 0.05) is 19.1 Å². The van der Waals surface area contributed by atoms with Gasteiger partial charge in [-0.25, -0.2) is 0 Å². The molecule has 1 rings (SSSR count). The van der Waals surface area contributed by atoms with Crippen LogP contribution < -0.4 is 5.73 Å². The summed E-state index contributed by atoms with van der Waals surface area (Å²) in [6.07, 6.45) is 3.77. The molecule has 0 aliphatic carbocycles. The van der Waals surface area contributed by atoms with Gasteiger partial charge in [0.05, 0.1) is 19.3 Å². The molecule has 2 N–H and O–H groups in total. The summed E-state index contributed by atoms with van der Waals surface area (Å²) in [5, 5.41) is 0. The Morgan fingerprint density at radius 2 is 1.92 bits per heavy atom. The van der Waals surface area contributed by atoms with Crippen molar-refractivity contribution in [3.63, 3.8) is 0 Å². The lowest BCUT2D eigenvalue weighted by Crippen LogP contribution is -2.47. The van der Waals surface area contributed by atoms with Crippen LogP contribution in [0.3, 0.4) is 0 Å². The van der Waals surface area contributed by atoms with Crippen molar-refractivity contribution in [1.29, 1.82) is 0 Å². The summed E-state index contributed by atoms with van der Waals surface area (Å²) in [6.45, 7) is 10.5. The smallest absolute Gasteiger partial charge is 0.0638 e. The fourth-order valence-electron chi connectivity index (χ4n) is 1.61. The monoisotopic (exact) mass is 182 g/mol. The van der Waals surface area contributed by atoms with Crippen LogP contribution in [0.2, 0.25) is 0 Å². The topological polar surface area (TPSA) is 38.5 Å².